The molecule has 0 radical (unpaired) electrons. The average Bonchev–Trinajstić information content (AvgIpc) is 2.43. The second-order valence-corrected chi connectivity index (χ2v) is 3.70. The summed E-state index contributed by atoms with van der Waals surface area (Å²) in [6.07, 6.45) is -0.331. The number of ether oxygens (including phenoxy) is 1. The van der Waals surface area contributed by atoms with E-state index in [-0.39, 0.29) is 11.9 Å². The lowest BCUT2D eigenvalue weighted by Gasteiger charge is -2.12. The summed E-state index contributed by atoms with van der Waals surface area (Å²) in [6, 6.07) is 5.68. The van der Waals surface area contributed by atoms with Crippen molar-refractivity contribution in [1.29, 1.82) is 0 Å². The second-order valence-electron chi connectivity index (χ2n) is 3.70. The third-order valence-corrected chi connectivity index (χ3v) is 2.42. The first-order chi connectivity index (χ1) is 6.59. The highest BCUT2D eigenvalue weighted by Crippen LogP contribution is 2.31. The number of hydrogen-bond donors (Lipinski definition) is 0. The first-order valence-electron chi connectivity index (χ1n) is 4.62. The number of Topliss-reactive ketones (excluding diaryl/α,β-unsaturated/α-hetero) is 1. The number of carbonyl (C=O) groups is 1. The van der Waals surface area contributed by atoms with Crippen LogP contribution in [0.15, 0.2) is 18.2 Å². The summed E-state index contributed by atoms with van der Waals surface area (Å²) >= 11 is 0. The van der Waals surface area contributed by atoms with Crippen LogP contribution in [0.2, 0.25) is 0 Å². The lowest BCUT2D eigenvalue weighted by Crippen LogP contribution is -2.15. The number of anilines is 1. The molecule has 0 bridgehead atoms. The molecule has 3 heteroatoms. The fourth-order valence-corrected chi connectivity index (χ4v) is 1.55. The molecule has 0 spiro atoms. The first kappa shape index (κ1) is 9.06. The molecule has 1 heterocycles. The van der Waals surface area contributed by atoms with Crippen LogP contribution < -0.4 is 9.64 Å². The van der Waals surface area contributed by atoms with Gasteiger partial charge >= 0.3 is 0 Å². The van der Waals surface area contributed by atoms with E-state index in [0.29, 0.717) is 11.3 Å². The van der Waals surface area contributed by atoms with Gasteiger partial charge in [-0.1, -0.05) is 0 Å². The van der Waals surface area contributed by atoms with E-state index in [1.165, 1.54) is 0 Å². The van der Waals surface area contributed by atoms with Crippen LogP contribution in [0.5, 0.6) is 5.75 Å². The van der Waals surface area contributed by atoms with Crippen molar-refractivity contribution in [2.24, 2.45) is 0 Å². The predicted molar refractivity (Wildman–Crippen MR) is 55.2 cm³/mol. The predicted octanol–water partition coefficient (Wildman–Crippen LogP) is 1.72. The van der Waals surface area contributed by atoms with Crippen molar-refractivity contribution in [3.63, 3.8) is 0 Å². The Morgan fingerprint density at radius 2 is 2.07 bits per heavy atom. The van der Waals surface area contributed by atoms with Gasteiger partial charge in [-0.15, -0.1) is 0 Å². The van der Waals surface area contributed by atoms with E-state index in [2.05, 4.69) is 0 Å². The minimum Gasteiger partial charge on any atom is -0.482 e. The normalized spacial score (nSPS) is 19.1. The number of carbonyl (C=O) groups excluding carboxylic acids is 1. The van der Waals surface area contributed by atoms with E-state index < -0.39 is 0 Å². The molecule has 1 unspecified atom stereocenters. The van der Waals surface area contributed by atoms with Crippen LogP contribution in [0.1, 0.15) is 17.3 Å². The van der Waals surface area contributed by atoms with Crippen molar-refractivity contribution >= 4 is 11.5 Å². The van der Waals surface area contributed by atoms with Crippen molar-refractivity contribution in [3.05, 3.63) is 23.8 Å². The van der Waals surface area contributed by atoms with Crippen LogP contribution >= 0.6 is 0 Å². The Balaban J connectivity index is 2.46. The topological polar surface area (TPSA) is 29.5 Å². The molecule has 14 heavy (non-hydrogen) atoms. The van der Waals surface area contributed by atoms with Crippen LogP contribution in [0.25, 0.3) is 0 Å². The molecule has 3 nitrogen and oxygen atoms in total. The van der Waals surface area contributed by atoms with Crippen molar-refractivity contribution in [3.8, 4) is 5.75 Å². The summed E-state index contributed by atoms with van der Waals surface area (Å²) in [7, 11) is 3.90. The molecule has 0 aliphatic carbocycles. The van der Waals surface area contributed by atoms with Crippen molar-refractivity contribution in [2.75, 3.05) is 19.0 Å². The summed E-state index contributed by atoms with van der Waals surface area (Å²) in [5.74, 6) is 0.775. The van der Waals surface area contributed by atoms with Crippen LogP contribution in [0.3, 0.4) is 0 Å². The summed E-state index contributed by atoms with van der Waals surface area (Å²) in [6.45, 7) is 1.78. The standard InChI is InChI=1S/C11H13NO2/c1-7-11(13)9-6-8(12(2)3)4-5-10(9)14-7/h4-7H,1-3H3. The van der Waals surface area contributed by atoms with Gasteiger partial charge in [-0.25, -0.2) is 0 Å². The maximum atomic E-state index is 11.6. The summed E-state index contributed by atoms with van der Waals surface area (Å²) < 4.78 is 5.39. The summed E-state index contributed by atoms with van der Waals surface area (Å²) in [4.78, 5) is 13.6. The third kappa shape index (κ3) is 1.25. The molecule has 0 N–H and O–H groups in total. The SMILES string of the molecule is CC1Oc2ccc(N(C)C)cc2C1=O. The van der Waals surface area contributed by atoms with Crippen molar-refractivity contribution in [1.82, 2.24) is 0 Å². The minimum absolute atomic E-state index is 0.0729. The Labute approximate surface area is 83.3 Å². The third-order valence-electron chi connectivity index (χ3n) is 2.42. The van der Waals surface area contributed by atoms with E-state index in [1.54, 1.807) is 6.92 Å². The Morgan fingerprint density at radius 3 is 2.71 bits per heavy atom. The molecular weight excluding hydrogens is 178 g/mol. The molecule has 0 aromatic heterocycles. The number of benzene rings is 1. The van der Waals surface area contributed by atoms with Gasteiger partial charge in [0.05, 0.1) is 5.56 Å². The first-order valence-corrected chi connectivity index (χ1v) is 4.62. The molecule has 0 fully saturated rings. The molecule has 2 rings (SSSR count). The number of ketones is 1. The highest BCUT2D eigenvalue weighted by atomic mass is 16.5. The van der Waals surface area contributed by atoms with Gasteiger partial charge in [0.25, 0.3) is 0 Å². The highest BCUT2D eigenvalue weighted by molar-refractivity contribution is 6.05. The smallest absolute Gasteiger partial charge is 0.206 e. The van der Waals surface area contributed by atoms with Gasteiger partial charge in [-0.2, -0.15) is 0 Å². The zero-order chi connectivity index (χ0) is 10.3. The van der Waals surface area contributed by atoms with Gasteiger partial charge in [-0.05, 0) is 25.1 Å². The van der Waals surface area contributed by atoms with Gasteiger partial charge in [0, 0.05) is 19.8 Å². The molecular formula is C11H13NO2. The zero-order valence-electron chi connectivity index (χ0n) is 8.57. The van der Waals surface area contributed by atoms with Crippen LogP contribution in [-0.4, -0.2) is 26.0 Å². The number of fused-ring (bicyclic) bond motifs is 1. The van der Waals surface area contributed by atoms with E-state index in [0.717, 1.165) is 5.69 Å². The van der Waals surface area contributed by atoms with Crippen LogP contribution in [0, 0.1) is 0 Å². The van der Waals surface area contributed by atoms with Crippen molar-refractivity contribution in [2.45, 2.75) is 13.0 Å². The quantitative estimate of drug-likeness (QED) is 0.676. The Kier molecular flexibility index (Phi) is 1.95. The Bertz CT molecular complexity index is 385. The largest absolute Gasteiger partial charge is 0.482 e. The maximum Gasteiger partial charge on any atom is 0.206 e. The van der Waals surface area contributed by atoms with E-state index in [4.69, 9.17) is 4.74 Å². The molecule has 0 amide bonds. The fraction of sp³-hybridized carbons (Fsp3) is 0.364. The zero-order valence-corrected chi connectivity index (χ0v) is 8.57. The Morgan fingerprint density at radius 1 is 1.36 bits per heavy atom. The molecule has 1 aromatic rings. The highest BCUT2D eigenvalue weighted by Gasteiger charge is 2.28. The monoisotopic (exact) mass is 191 g/mol. The maximum absolute atomic E-state index is 11.6. The minimum atomic E-state index is -0.331. The number of nitrogens with zero attached hydrogens (tertiary/aromatic N) is 1. The summed E-state index contributed by atoms with van der Waals surface area (Å²) in [5.41, 5.74) is 1.72. The second kappa shape index (κ2) is 3.01. The average molecular weight is 191 g/mol. The van der Waals surface area contributed by atoms with Crippen LogP contribution in [-0.2, 0) is 0 Å². The van der Waals surface area contributed by atoms with Gasteiger partial charge in [0.15, 0.2) is 6.10 Å². The van der Waals surface area contributed by atoms with Gasteiger partial charge in [0.2, 0.25) is 5.78 Å². The van der Waals surface area contributed by atoms with Crippen LogP contribution in [0.4, 0.5) is 5.69 Å². The Hall–Kier alpha value is -1.51. The molecule has 0 saturated heterocycles. The summed E-state index contributed by atoms with van der Waals surface area (Å²) in [5, 5.41) is 0. The van der Waals surface area contributed by atoms with E-state index in [9.17, 15) is 4.79 Å². The molecule has 1 aromatic carbocycles. The molecule has 74 valence electrons. The lowest BCUT2D eigenvalue weighted by molar-refractivity contribution is 0.0878. The molecule has 1 aliphatic heterocycles. The van der Waals surface area contributed by atoms with Gasteiger partial charge in [-0.3, -0.25) is 4.79 Å². The number of hydrogen-bond acceptors (Lipinski definition) is 3. The fourth-order valence-electron chi connectivity index (χ4n) is 1.55. The van der Waals surface area contributed by atoms with Gasteiger partial charge in [0.1, 0.15) is 5.75 Å². The molecule has 0 saturated carbocycles. The molecule has 1 aliphatic rings. The van der Waals surface area contributed by atoms with E-state index >= 15 is 0 Å². The van der Waals surface area contributed by atoms with E-state index in [1.807, 2.05) is 37.2 Å². The van der Waals surface area contributed by atoms with Crippen molar-refractivity contribution < 1.29 is 9.53 Å². The lowest BCUT2D eigenvalue weighted by atomic mass is 10.1. The molecule has 1 atom stereocenters. The van der Waals surface area contributed by atoms with Gasteiger partial charge < -0.3 is 9.64 Å². The number of rotatable bonds is 1.